The predicted octanol–water partition coefficient (Wildman–Crippen LogP) is 4.83. The van der Waals surface area contributed by atoms with Crippen molar-refractivity contribution in [1.82, 2.24) is 10.2 Å². The fraction of sp³-hybridized carbons (Fsp3) is 0.381. The minimum atomic E-state index is 0.0274. The van der Waals surface area contributed by atoms with Gasteiger partial charge in [-0.2, -0.15) is 0 Å². The van der Waals surface area contributed by atoms with Crippen LogP contribution in [0.4, 0.5) is 0 Å². The maximum atomic E-state index is 12.6. The molecular formula is C21H24Cl2N2O. The highest BCUT2D eigenvalue weighted by molar-refractivity contribution is 6.35. The number of nitrogens with one attached hydrogen (secondary N) is 1. The van der Waals surface area contributed by atoms with Crippen molar-refractivity contribution in [2.75, 3.05) is 13.1 Å². The smallest absolute Gasteiger partial charge is 0.224 e. The van der Waals surface area contributed by atoms with Gasteiger partial charge in [-0.15, -0.1) is 0 Å². The Morgan fingerprint density at radius 3 is 2.85 bits per heavy atom. The molecule has 0 spiro atoms. The number of benzene rings is 2. The van der Waals surface area contributed by atoms with Gasteiger partial charge in [0.2, 0.25) is 5.91 Å². The minimum Gasteiger partial charge on any atom is -0.352 e. The third kappa shape index (κ3) is 5.23. The summed E-state index contributed by atoms with van der Waals surface area (Å²) in [6, 6.07) is 13.8. The Balaban J connectivity index is 1.54. The highest BCUT2D eigenvalue weighted by atomic mass is 35.5. The van der Waals surface area contributed by atoms with Gasteiger partial charge in [-0.05, 0) is 49.6 Å². The van der Waals surface area contributed by atoms with Gasteiger partial charge in [0.25, 0.3) is 0 Å². The number of amides is 1. The van der Waals surface area contributed by atoms with Crippen molar-refractivity contribution in [2.45, 2.75) is 32.9 Å². The summed E-state index contributed by atoms with van der Waals surface area (Å²) in [7, 11) is 0. The van der Waals surface area contributed by atoms with Crippen LogP contribution in [0.15, 0.2) is 42.5 Å². The number of likely N-dealkylation sites (tertiary alicyclic amines) is 1. The Bertz CT molecular complexity index is 778. The van der Waals surface area contributed by atoms with Gasteiger partial charge in [0.15, 0.2) is 0 Å². The number of carbonyl (C=O) groups excluding carboxylic acids is 1. The van der Waals surface area contributed by atoms with Crippen LogP contribution in [0.3, 0.4) is 0 Å². The molecule has 0 unspecified atom stereocenters. The van der Waals surface area contributed by atoms with Crippen molar-refractivity contribution >= 4 is 29.1 Å². The van der Waals surface area contributed by atoms with E-state index in [0.717, 1.165) is 43.6 Å². The maximum absolute atomic E-state index is 12.6. The van der Waals surface area contributed by atoms with E-state index in [-0.39, 0.29) is 11.8 Å². The lowest BCUT2D eigenvalue weighted by Crippen LogP contribution is -2.42. The van der Waals surface area contributed by atoms with E-state index in [2.05, 4.69) is 29.3 Å². The molecule has 5 heteroatoms. The van der Waals surface area contributed by atoms with Crippen molar-refractivity contribution in [3.8, 4) is 0 Å². The molecule has 1 aliphatic rings. The minimum absolute atomic E-state index is 0.0274. The SMILES string of the molecule is Cc1cccc(CNC(=O)[C@@H]2CCCN(Cc3ccc(Cl)cc3Cl)C2)c1. The standard InChI is InChI=1S/C21H24Cl2N2O/c1-15-4-2-5-16(10-15)12-24-21(26)18-6-3-9-25(14-18)13-17-7-8-19(22)11-20(17)23/h2,4-5,7-8,10-11,18H,3,6,9,12-14H2,1H3,(H,24,26)/t18-/m1/s1. The third-order valence-electron chi connectivity index (χ3n) is 4.83. The molecule has 0 radical (unpaired) electrons. The molecule has 1 heterocycles. The summed E-state index contributed by atoms with van der Waals surface area (Å²) in [6.07, 6.45) is 1.96. The Kier molecular flexibility index (Phi) is 6.58. The van der Waals surface area contributed by atoms with Crippen LogP contribution in [0.1, 0.15) is 29.5 Å². The third-order valence-corrected chi connectivity index (χ3v) is 5.42. The molecule has 3 rings (SSSR count). The molecule has 0 aromatic heterocycles. The number of rotatable bonds is 5. The molecule has 1 N–H and O–H groups in total. The zero-order chi connectivity index (χ0) is 18.5. The van der Waals surface area contributed by atoms with Gasteiger partial charge in [-0.1, -0.05) is 59.1 Å². The van der Waals surface area contributed by atoms with Crippen LogP contribution in [-0.4, -0.2) is 23.9 Å². The molecule has 1 amide bonds. The Labute approximate surface area is 165 Å². The zero-order valence-electron chi connectivity index (χ0n) is 15.0. The molecule has 2 aromatic carbocycles. The molecule has 26 heavy (non-hydrogen) atoms. The topological polar surface area (TPSA) is 32.3 Å². The van der Waals surface area contributed by atoms with Gasteiger partial charge in [0.1, 0.15) is 0 Å². The van der Waals surface area contributed by atoms with Gasteiger partial charge in [-0.25, -0.2) is 0 Å². The van der Waals surface area contributed by atoms with Crippen molar-refractivity contribution < 1.29 is 4.79 Å². The van der Waals surface area contributed by atoms with Crippen LogP contribution in [0, 0.1) is 12.8 Å². The lowest BCUT2D eigenvalue weighted by atomic mass is 9.96. The molecule has 1 saturated heterocycles. The molecule has 0 bridgehead atoms. The monoisotopic (exact) mass is 390 g/mol. The highest BCUT2D eigenvalue weighted by Gasteiger charge is 2.26. The first-order chi connectivity index (χ1) is 12.5. The average molecular weight is 391 g/mol. The predicted molar refractivity (Wildman–Crippen MR) is 107 cm³/mol. The molecule has 2 aromatic rings. The average Bonchev–Trinajstić information content (AvgIpc) is 2.62. The van der Waals surface area contributed by atoms with Crippen LogP contribution in [0.25, 0.3) is 0 Å². The van der Waals surface area contributed by atoms with Gasteiger partial charge < -0.3 is 5.32 Å². The van der Waals surface area contributed by atoms with E-state index in [9.17, 15) is 4.79 Å². The van der Waals surface area contributed by atoms with E-state index < -0.39 is 0 Å². The number of halogens is 2. The van der Waals surface area contributed by atoms with E-state index in [1.807, 2.05) is 24.3 Å². The second-order valence-electron chi connectivity index (χ2n) is 7.02. The first-order valence-corrected chi connectivity index (χ1v) is 9.76. The fourth-order valence-electron chi connectivity index (χ4n) is 3.46. The van der Waals surface area contributed by atoms with Gasteiger partial charge in [0, 0.05) is 29.7 Å². The van der Waals surface area contributed by atoms with Crippen LogP contribution in [0.5, 0.6) is 0 Å². The molecule has 0 saturated carbocycles. The van der Waals surface area contributed by atoms with Crippen molar-refractivity contribution in [3.05, 3.63) is 69.2 Å². The fourth-order valence-corrected chi connectivity index (χ4v) is 3.93. The summed E-state index contributed by atoms with van der Waals surface area (Å²) < 4.78 is 0. The number of nitrogens with zero attached hydrogens (tertiary/aromatic N) is 1. The maximum Gasteiger partial charge on any atom is 0.224 e. The molecule has 3 nitrogen and oxygen atoms in total. The first kappa shape index (κ1) is 19.2. The first-order valence-electron chi connectivity index (χ1n) is 9.01. The van der Waals surface area contributed by atoms with Crippen LogP contribution in [-0.2, 0) is 17.9 Å². The number of piperidine rings is 1. The number of hydrogen-bond donors (Lipinski definition) is 1. The Morgan fingerprint density at radius 1 is 1.23 bits per heavy atom. The second kappa shape index (κ2) is 8.90. The molecule has 0 aliphatic carbocycles. The van der Waals surface area contributed by atoms with E-state index >= 15 is 0 Å². The molecule has 1 atom stereocenters. The van der Waals surface area contributed by atoms with Crippen molar-refractivity contribution in [3.63, 3.8) is 0 Å². The lowest BCUT2D eigenvalue weighted by molar-refractivity contribution is -0.126. The van der Waals surface area contributed by atoms with Crippen LogP contribution >= 0.6 is 23.2 Å². The number of hydrogen-bond acceptors (Lipinski definition) is 2. The van der Waals surface area contributed by atoms with Gasteiger partial charge >= 0.3 is 0 Å². The Hall–Kier alpha value is -1.55. The quantitative estimate of drug-likeness (QED) is 0.792. The van der Waals surface area contributed by atoms with E-state index in [0.29, 0.717) is 16.6 Å². The molecule has 138 valence electrons. The highest BCUT2D eigenvalue weighted by Crippen LogP contribution is 2.25. The van der Waals surface area contributed by atoms with E-state index in [4.69, 9.17) is 23.2 Å². The Morgan fingerprint density at radius 2 is 2.08 bits per heavy atom. The summed E-state index contributed by atoms with van der Waals surface area (Å²) in [5.41, 5.74) is 3.40. The summed E-state index contributed by atoms with van der Waals surface area (Å²) in [6.45, 7) is 5.14. The van der Waals surface area contributed by atoms with Gasteiger partial charge in [0.05, 0.1) is 5.92 Å². The molecular weight excluding hydrogens is 367 g/mol. The largest absolute Gasteiger partial charge is 0.352 e. The number of aryl methyl sites for hydroxylation is 1. The second-order valence-corrected chi connectivity index (χ2v) is 7.86. The number of carbonyl (C=O) groups is 1. The zero-order valence-corrected chi connectivity index (χ0v) is 16.5. The van der Waals surface area contributed by atoms with Crippen molar-refractivity contribution in [2.24, 2.45) is 5.92 Å². The normalized spacial score (nSPS) is 17.9. The van der Waals surface area contributed by atoms with Crippen molar-refractivity contribution in [1.29, 1.82) is 0 Å². The van der Waals surface area contributed by atoms with E-state index in [1.54, 1.807) is 6.07 Å². The summed E-state index contributed by atoms with van der Waals surface area (Å²) >= 11 is 12.3. The van der Waals surface area contributed by atoms with Crippen LogP contribution in [0.2, 0.25) is 10.0 Å². The van der Waals surface area contributed by atoms with E-state index in [1.165, 1.54) is 5.56 Å². The van der Waals surface area contributed by atoms with Crippen LogP contribution < -0.4 is 5.32 Å². The summed E-state index contributed by atoms with van der Waals surface area (Å²) in [5, 5.41) is 4.42. The van der Waals surface area contributed by atoms with Gasteiger partial charge in [-0.3, -0.25) is 9.69 Å². The summed E-state index contributed by atoms with van der Waals surface area (Å²) in [4.78, 5) is 14.9. The molecule has 1 aliphatic heterocycles. The summed E-state index contributed by atoms with van der Waals surface area (Å²) in [5.74, 6) is 0.165. The lowest BCUT2D eigenvalue weighted by Gasteiger charge is -2.32. The molecule has 1 fully saturated rings.